The first-order valence-electron chi connectivity index (χ1n) is 4.10. The van der Waals surface area contributed by atoms with E-state index in [1.54, 1.807) is 11.8 Å². The van der Waals surface area contributed by atoms with Gasteiger partial charge in [-0.1, -0.05) is 0 Å². The predicted molar refractivity (Wildman–Crippen MR) is 45.0 cm³/mol. The van der Waals surface area contributed by atoms with Gasteiger partial charge in [-0.15, -0.1) is 5.10 Å². The van der Waals surface area contributed by atoms with E-state index in [-0.39, 0.29) is 17.8 Å². The fourth-order valence-electron chi connectivity index (χ4n) is 1.26. The minimum Gasteiger partial charge on any atom is -0.333 e. The first-order chi connectivity index (χ1) is 6.16. The molecule has 0 atom stereocenters. The van der Waals surface area contributed by atoms with E-state index in [1.807, 2.05) is 0 Å². The highest BCUT2D eigenvalue weighted by molar-refractivity contribution is 5.91. The van der Waals surface area contributed by atoms with Gasteiger partial charge in [-0.05, 0) is 6.92 Å². The number of aromatic amines is 1. The number of nitrogens with zero attached hydrogens (tertiary/aromatic N) is 3. The predicted octanol–water partition coefficient (Wildman–Crippen LogP) is -1.10. The summed E-state index contributed by atoms with van der Waals surface area (Å²) < 4.78 is 0. The van der Waals surface area contributed by atoms with E-state index in [2.05, 4.69) is 15.2 Å². The van der Waals surface area contributed by atoms with Crippen LogP contribution in [0.15, 0.2) is 0 Å². The fourth-order valence-corrected chi connectivity index (χ4v) is 1.26. The molecule has 1 aliphatic rings. The smallest absolute Gasteiger partial charge is 0.293 e. The highest BCUT2D eigenvalue weighted by Crippen LogP contribution is 2.08. The van der Waals surface area contributed by atoms with Gasteiger partial charge in [-0.2, -0.15) is 0 Å². The second kappa shape index (κ2) is 2.81. The lowest BCUT2D eigenvalue weighted by molar-refractivity contribution is 0.0595. The number of hydrogen-bond acceptors (Lipinski definition) is 4. The third-order valence-electron chi connectivity index (χ3n) is 1.99. The SMILES string of the molecule is Cc1nc(C(=O)N2CC(N)C2)n[nH]1. The normalized spacial score (nSPS) is 17.2. The fraction of sp³-hybridized carbons (Fsp3) is 0.571. The molecule has 0 saturated carbocycles. The molecule has 0 radical (unpaired) electrons. The second-order valence-electron chi connectivity index (χ2n) is 3.21. The summed E-state index contributed by atoms with van der Waals surface area (Å²) in [6.45, 7) is 2.96. The van der Waals surface area contributed by atoms with Gasteiger partial charge >= 0.3 is 0 Å². The Bertz CT molecular complexity index is 327. The number of H-pyrrole nitrogens is 1. The number of nitrogens with one attached hydrogen (secondary N) is 1. The summed E-state index contributed by atoms with van der Waals surface area (Å²) in [6, 6.07) is 0.115. The van der Waals surface area contributed by atoms with Gasteiger partial charge < -0.3 is 10.6 Å². The van der Waals surface area contributed by atoms with Crippen LogP contribution in [0.4, 0.5) is 0 Å². The lowest BCUT2D eigenvalue weighted by Gasteiger charge is -2.35. The molecule has 0 bridgehead atoms. The van der Waals surface area contributed by atoms with Crippen LogP contribution < -0.4 is 5.73 Å². The van der Waals surface area contributed by atoms with Crippen molar-refractivity contribution < 1.29 is 4.79 Å². The number of hydrogen-bond donors (Lipinski definition) is 2. The Labute approximate surface area is 75.1 Å². The number of aromatic nitrogens is 3. The summed E-state index contributed by atoms with van der Waals surface area (Å²) in [6.07, 6.45) is 0. The molecule has 2 heterocycles. The molecule has 6 heteroatoms. The minimum absolute atomic E-state index is 0.115. The molecule has 0 aliphatic carbocycles. The summed E-state index contributed by atoms with van der Waals surface area (Å²) >= 11 is 0. The van der Waals surface area contributed by atoms with Crippen LogP contribution in [-0.2, 0) is 0 Å². The zero-order valence-electron chi connectivity index (χ0n) is 7.32. The molecule has 1 amide bonds. The van der Waals surface area contributed by atoms with E-state index >= 15 is 0 Å². The highest BCUT2D eigenvalue weighted by Gasteiger charge is 2.30. The van der Waals surface area contributed by atoms with Gasteiger partial charge in [0, 0.05) is 19.1 Å². The van der Waals surface area contributed by atoms with Crippen molar-refractivity contribution in [3.63, 3.8) is 0 Å². The van der Waals surface area contributed by atoms with Crippen molar-refractivity contribution in [1.82, 2.24) is 20.1 Å². The maximum Gasteiger partial charge on any atom is 0.293 e. The Balaban J connectivity index is 2.06. The standard InChI is InChI=1S/C7H11N5O/c1-4-9-6(11-10-4)7(13)12-2-5(8)3-12/h5H,2-3,8H2,1H3,(H,9,10,11). The summed E-state index contributed by atoms with van der Waals surface area (Å²) in [7, 11) is 0. The molecule has 13 heavy (non-hydrogen) atoms. The van der Waals surface area contributed by atoms with Crippen molar-refractivity contribution in [2.45, 2.75) is 13.0 Å². The summed E-state index contributed by atoms with van der Waals surface area (Å²) in [5.74, 6) is 0.726. The first kappa shape index (κ1) is 8.18. The zero-order valence-corrected chi connectivity index (χ0v) is 7.32. The van der Waals surface area contributed by atoms with Crippen LogP contribution in [-0.4, -0.2) is 45.1 Å². The maximum absolute atomic E-state index is 11.5. The van der Waals surface area contributed by atoms with Gasteiger partial charge in [0.05, 0.1) is 0 Å². The van der Waals surface area contributed by atoms with Crippen LogP contribution in [0.5, 0.6) is 0 Å². The van der Waals surface area contributed by atoms with E-state index in [4.69, 9.17) is 5.73 Å². The van der Waals surface area contributed by atoms with Crippen molar-refractivity contribution in [2.24, 2.45) is 5.73 Å². The molecule has 1 fully saturated rings. The molecule has 1 saturated heterocycles. The molecule has 2 rings (SSSR count). The van der Waals surface area contributed by atoms with Crippen LogP contribution in [0.25, 0.3) is 0 Å². The molecule has 1 aliphatic heterocycles. The van der Waals surface area contributed by atoms with Gasteiger partial charge in [0.25, 0.3) is 5.91 Å². The van der Waals surface area contributed by atoms with E-state index in [0.717, 1.165) is 0 Å². The van der Waals surface area contributed by atoms with Gasteiger partial charge in [0.1, 0.15) is 5.82 Å². The monoisotopic (exact) mass is 181 g/mol. The number of amides is 1. The van der Waals surface area contributed by atoms with Crippen molar-refractivity contribution in [3.8, 4) is 0 Å². The number of aryl methyl sites for hydroxylation is 1. The Morgan fingerprint density at radius 1 is 1.69 bits per heavy atom. The molecule has 0 aromatic carbocycles. The Morgan fingerprint density at radius 2 is 2.38 bits per heavy atom. The minimum atomic E-state index is -0.147. The van der Waals surface area contributed by atoms with E-state index < -0.39 is 0 Å². The van der Waals surface area contributed by atoms with Crippen molar-refractivity contribution >= 4 is 5.91 Å². The van der Waals surface area contributed by atoms with Crippen molar-refractivity contribution in [3.05, 3.63) is 11.6 Å². The summed E-state index contributed by atoms with van der Waals surface area (Å²) in [4.78, 5) is 17.1. The van der Waals surface area contributed by atoms with Gasteiger partial charge in [0.15, 0.2) is 0 Å². The summed E-state index contributed by atoms with van der Waals surface area (Å²) in [5, 5.41) is 6.40. The molecule has 1 aromatic rings. The quantitative estimate of drug-likeness (QED) is 0.575. The van der Waals surface area contributed by atoms with Crippen LogP contribution in [0.1, 0.15) is 16.4 Å². The van der Waals surface area contributed by atoms with Crippen molar-refractivity contribution in [1.29, 1.82) is 0 Å². The van der Waals surface area contributed by atoms with Gasteiger partial charge in [0.2, 0.25) is 5.82 Å². The second-order valence-corrected chi connectivity index (χ2v) is 3.21. The zero-order chi connectivity index (χ0) is 9.42. The average Bonchev–Trinajstić information content (AvgIpc) is 2.45. The largest absolute Gasteiger partial charge is 0.333 e. The molecule has 0 spiro atoms. The molecule has 3 N–H and O–H groups in total. The summed E-state index contributed by atoms with van der Waals surface area (Å²) in [5.41, 5.74) is 5.55. The topological polar surface area (TPSA) is 87.9 Å². The third kappa shape index (κ3) is 1.40. The van der Waals surface area contributed by atoms with Crippen LogP contribution in [0.3, 0.4) is 0 Å². The number of carbonyl (C=O) groups excluding carboxylic acids is 1. The molecular weight excluding hydrogens is 170 g/mol. The highest BCUT2D eigenvalue weighted by atomic mass is 16.2. The Kier molecular flexibility index (Phi) is 1.77. The van der Waals surface area contributed by atoms with E-state index in [0.29, 0.717) is 18.9 Å². The van der Waals surface area contributed by atoms with Crippen LogP contribution in [0, 0.1) is 6.92 Å². The molecule has 6 nitrogen and oxygen atoms in total. The van der Waals surface area contributed by atoms with Gasteiger partial charge in [-0.3, -0.25) is 9.89 Å². The van der Waals surface area contributed by atoms with Crippen LogP contribution in [0.2, 0.25) is 0 Å². The van der Waals surface area contributed by atoms with Gasteiger partial charge in [-0.25, -0.2) is 4.98 Å². The lowest BCUT2D eigenvalue weighted by atomic mass is 10.1. The molecule has 70 valence electrons. The molecule has 1 aromatic heterocycles. The number of nitrogens with two attached hydrogens (primary N) is 1. The van der Waals surface area contributed by atoms with Crippen LogP contribution >= 0.6 is 0 Å². The Morgan fingerprint density at radius 3 is 2.85 bits per heavy atom. The maximum atomic E-state index is 11.5. The number of carbonyl (C=O) groups is 1. The van der Waals surface area contributed by atoms with E-state index in [1.165, 1.54) is 0 Å². The lowest BCUT2D eigenvalue weighted by Crippen LogP contribution is -2.58. The number of rotatable bonds is 1. The molecular formula is C7H11N5O. The van der Waals surface area contributed by atoms with E-state index in [9.17, 15) is 4.79 Å². The average molecular weight is 181 g/mol. The third-order valence-corrected chi connectivity index (χ3v) is 1.99. The molecule has 0 unspecified atom stereocenters. The Hall–Kier alpha value is -1.43. The van der Waals surface area contributed by atoms with Crippen molar-refractivity contribution in [2.75, 3.05) is 13.1 Å². The number of likely N-dealkylation sites (tertiary alicyclic amines) is 1. The first-order valence-corrected chi connectivity index (χ1v) is 4.10.